The van der Waals surface area contributed by atoms with E-state index in [1.807, 2.05) is 42.5 Å². The van der Waals surface area contributed by atoms with Gasteiger partial charge < -0.3 is 9.84 Å². The molecule has 0 aliphatic carbocycles. The zero-order valence-corrected chi connectivity index (χ0v) is 10.9. The van der Waals surface area contributed by atoms with E-state index in [1.54, 1.807) is 7.11 Å². The van der Waals surface area contributed by atoms with Crippen LogP contribution in [0.2, 0.25) is 5.02 Å². The molecule has 18 heavy (non-hydrogen) atoms. The fraction of sp³-hybridized carbons (Fsp3) is 0.200. The number of benzene rings is 2. The summed E-state index contributed by atoms with van der Waals surface area (Å²) in [6.07, 6.45) is 0.624. The normalized spacial score (nSPS) is 10.4. The van der Waals surface area contributed by atoms with Crippen LogP contribution in [0.3, 0.4) is 0 Å². The largest absolute Gasteiger partial charge is 0.496 e. The van der Waals surface area contributed by atoms with Gasteiger partial charge >= 0.3 is 0 Å². The summed E-state index contributed by atoms with van der Waals surface area (Å²) in [5.74, 6) is 0.792. The van der Waals surface area contributed by atoms with Crippen LogP contribution in [-0.2, 0) is 6.42 Å². The molecule has 2 rings (SSSR count). The Kier molecular flexibility index (Phi) is 4.24. The van der Waals surface area contributed by atoms with Gasteiger partial charge in [0.15, 0.2) is 0 Å². The lowest BCUT2D eigenvalue weighted by Gasteiger charge is -2.11. The molecule has 0 atom stereocenters. The summed E-state index contributed by atoms with van der Waals surface area (Å²) in [5.41, 5.74) is 2.95. The van der Waals surface area contributed by atoms with E-state index in [9.17, 15) is 0 Å². The molecule has 0 radical (unpaired) electrons. The number of aliphatic hydroxyl groups excluding tert-OH is 1. The number of ether oxygens (including phenoxy) is 1. The lowest BCUT2D eigenvalue weighted by molar-refractivity contribution is 0.299. The van der Waals surface area contributed by atoms with E-state index in [1.165, 1.54) is 0 Å². The molecule has 0 amide bonds. The van der Waals surface area contributed by atoms with Crippen LogP contribution >= 0.6 is 11.6 Å². The molecular weight excluding hydrogens is 248 g/mol. The molecule has 2 aromatic rings. The number of aliphatic hydroxyl groups is 1. The maximum atomic E-state index is 8.99. The van der Waals surface area contributed by atoms with Gasteiger partial charge in [0, 0.05) is 22.8 Å². The quantitative estimate of drug-likeness (QED) is 0.913. The minimum absolute atomic E-state index is 0.132. The molecular formula is C15H15ClO2. The lowest BCUT2D eigenvalue weighted by Crippen LogP contribution is -1.93. The van der Waals surface area contributed by atoms with E-state index >= 15 is 0 Å². The number of hydrogen-bond acceptors (Lipinski definition) is 2. The SMILES string of the molecule is COc1ccccc1-c1cc(CCO)ccc1Cl. The summed E-state index contributed by atoms with van der Waals surface area (Å²) in [6, 6.07) is 13.5. The van der Waals surface area contributed by atoms with Crippen LogP contribution in [0.5, 0.6) is 5.75 Å². The van der Waals surface area contributed by atoms with Crippen LogP contribution in [0.1, 0.15) is 5.56 Å². The van der Waals surface area contributed by atoms with Gasteiger partial charge in [0.2, 0.25) is 0 Å². The van der Waals surface area contributed by atoms with Gasteiger partial charge in [-0.05, 0) is 30.2 Å². The molecule has 0 aromatic heterocycles. The minimum Gasteiger partial charge on any atom is -0.496 e. The molecule has 0 aliphatic heterocycles. The Morgan fingerprint density at radius 2 is 1.89 bits per heavy atom. The van der Waals surface area contributed by atoms with Crippen LogP contribution in [0.4, 0.5) is 0 Å². The van der Waals surface area contributed by atoms with Gasteiger partial charge in [0.1, 0.15) is 5.75 Å². The molecule has 2 aromatic carbocycles. The van der Waals surface area contributed by atoms with Crippen LogP contribution in [-0.4, -0.2) is 18.8 Å². The third kappa shape index (κ3) is 2.66. The van der Waals surface area contributed by atoms with Crippen molar-refractivity contribution in [3.63, 3.8) is 0 Å². The van der Waals surface area contributed by atoms with Crippen molar-refractivity contribution >= 4 is 11.6 Å². The van der Waals surface area contributed by atoms with Gasteiger partial charge in [0.25, 0.3) is 0 Å². The highest BCUT2D eigenvalue weighted by Gasteiger charge is 2.09. The average molecular weight is 263 g/mol. The summed E-state index contributed by atoms with van der Waals surface area (Å²) in [4.78, 5) is 0. The van der Waals surface area contributed by atoms with E-state index in [-0.39, 0.29) is 6.61 Å². The van der Waals surface area contributed by atoms with Gasteiger partial charge in [0.05, 0.1) is 7.11 Å². The van der Waals surface area contributed by atoms with Gasteiger partial charge in [-0.25, -0.2) is 0 Å². The molecule has 0 aliphatic rings. The first kappa shape index (κ1) is 12.9. The van der Waals surface area contributed by atoms with Crippen molar-refractivity contribution in [3.8, 4) is 16.9 Å². The second-order valence-corrected chi connectivity index (χ2v) is 4.40. The van der Waals surface area contributed by atoms with Gasteiger partial charge in [-0.15, -0.1) is 0 Å². The summed E-state index contributed by atoms with van der Waals surface area (Å²) in [5, 5.41) is 9.68. The third-order valence-corrected chi connectivity index (χ3v) is 3.16. The maximum absolute atomic E-state index is 8.99. The Hall–Kier alpha value is -1.51. The number of para-hydroxylation sites is 1. The van der Waals surface area contributed by atoms with Gasteiger partial charge in [-0.3, -0.25) is 0 Å². The predicted molar refractivity (Wildman–Crippen MR) is 74.2 cm³/mol. The summed E-state index contributed by atoms with van der Waals surface area (Å²) in [6.45, 7) is 0.132. The van der Waals surface area contributed by atoms with Crippen molar-refractivity contribution in [1.29, 1.82) is 0 Å². The second-order valence-electron chi connectivity index (χ2n) is 3.99. The van der Waals surface area contributed by atoms with Crippen LogP contribution in [0.15, 0.2) is 42.5 Å². The summed E-state index contributed by atoms with van der Waals surface area (Å²) in [7, 11) is 1.64. The highest BCUT2D eigenvalue weighted by atomic mass is 35.5. The summed E-state index contributed by atoms with van der Waals surface area (Å²) < 4.78 is 5.35. The van der Waals surface area contributed by atoms with Crippen molar-refractivity contribution < 1.29 is 9.84 Å². The van der Waals surface area contributed by atoms with Crippen molar-refractivity contribution in [2.75, 3.05) is 13.7 Å². The molecule has 3 heteroatoms. The first-order chi connectivity index (χ1) is 8.76. The molecule has 0 saturated heterocycles. The van der Waals surface area contributed by atoms with E-state index < -0.39 is 0 Å². The highest BCUT2D eigenvalue weighted by molar-refractivity contribution is 6.33. The minimum atomic E-state index is 0.132. The van der Waals surface area contributed by atoms with Crippen LogP contribution in [0.25, 0.3) is 11.1 Å². The predicted octanol–water partition coefficient (Wildman–Crippen LogP) is 3.55. The number of halogens is 1. The third-order valence-electron chi connectivity index (χ3n) is 2.83. The molecule has 1 N–H and O–H groups in total. The van der Waals surface area contributed by atoms with Crippen molar-refractivity contribution in [2.24, 2.45) is 0 Å². The zero-order chi connectivity index (χ0) is 13.0. The van der Waals surface area contributed by atoms with Crippen LogP contribution < -0.4 is 4.74 Å². The average Bonchev–Trinajstić information content (AvgIpc) is 2.41. The van der Waals surface area contributed by atoms with Gasteiger partial charge in [-0.1, -0.05) is 35.9 Å². The van der Waals surface area contributed by atoms with E-state index in [0.717, 1.165) is 22.4 Å². The Labute approximate surface area is 112 Å². The number of rotatable bonds is 4. The lowest BCUT2D eigenvalue weighted by atomic mass is 10.0. The summed E-state index contributed by atoms with van der Waals surface area (Å²) >= 11 is 6.24. The van der Waals surface area contributed by atoms with Crippen molar-refractivity contribution in [1.82, 2.24) is 0 Å². The Bertz CT molecular complexity index is 538. The Morgan fingerprint density at radius 1 is 1.11 bits per heavy atom. The molecule has 0 fully saturated rings. The molecule has 0 heterocycles. The Morgan fingerprint density at radius 3 is 2.61 bits per heavy atom. The fourth-order valence-electron chi connectivity index (χ4n) is 1.93. The smallest absolute Gasteiger partial charge is 0.126 e. The van der Waals surface area contributed by atoms with E-state index in [0.29, 0.717) is 11.4 Å². The second kappa shape index (κ2) is 5.89. The monoisotopic (exact) mass is 262 g/mol. The standard InChI is InChI=1S/C15H15ClO2/c1-18-15-5-3-2-4-12(15)13-10-11(8-9-17)6-7-14(13)16/h2-7,10,17H,8-9H2,1H3. The molecule has 0 saturated carbocycles. The molecule has 0 spiro atoms. The van der Waals surface area contributed by atoms with Crippen molar-refractivity contribution in [2.45, 2.75) is 6.42 Å². The first-order valence-corrected chi connectivity index (χ1v) is 6.16. The molecule has 94 valence electrons. The van der Waals surface area contributed by atoms with E-state index in [4.69, 9.17) is 21.4 Å². The zero-order valence-electron chi connectivity index (χ0n) is 10.2. The van der Waals surface area contributed by atoms with Crippen LogP contribution in [0, 0.1) is 0 Å². The number of hydrogen-bond donors (Lipinski definition) is 1. The molecule has 2 nitrogen and oxygen atoms in total. The highest BCUT2D eigenvalue weighted by Crippen LogP contribution is 2.35. The topological polar surface area (TPSA) is 29.5 Å². The molecule has 0 unspecified atom stereocenters. The number of methoxy groups -OCH3 is 1. The maximum Gasteiger partial charge on any atom is 0.126 e. The fourth-order valence-corrected chi connectivity index (χ4v) is 2.15. The van der Waals surface area contributed by atoms with Crippen molar-refractivity contribution in [3.05, 3.63) is 53.1 Å². The first-order valence-electron chi connectivity index (χ1n) is 5.79. The van der Waals surface area contributed by atoms with E-state index in [2.05, 4.69) is 0 Å². The molecule has 0 bridgehead atoms. The Balaban J connectivity index is 2.51. The van der Waals surface area contributed by atoms with Gasteiger partial charge in [-0.2, -0.15) is 0 Å².